The summed E-state index contributed by atoms with van der Waals surface area (Å²) >= 11 is 0.257. The number of fused-ring (bicyclic) bond motifs is 1. The fraction of sp³-hybridized carbons (Fsp3) is 0.267. The number of nitrogens with zero attached hydrogens (tertiary/aromatic N) is 1. The Morgan fingerprint density at radius 1 is 1.09 bits per heavy atom. The molecule has 1 aliphatic carbocycles. The zero-order chi connectivity index (χ0) is 31.9. The van der Waals surface area contributed by atoms with Crippen molar-refractivity contribution in [1.82, 2.24) is 9.62 Å². The molecule has 1 aromatic heterocycles. The first-order valence-corrected chi connectivity index (χ1v) is 15.1. The summed E-state index contributed by atoms with van der Waals surface area (Å²) in [7, 11) is 2.50. The van der Waals surface area contributed by atoms with E-state index in [1.54, 1.807) is 12.1 Å². The molecular formula is C30H25BrF4N2O6S. The van der Waals surface area contributed by atoms with E-state index in [9.17, 15) is 35.9 Å². The van der Waals surface area contributed by atoms with Gasteiger partial charge in [0.15, 0.2) is 0 Å². The van der Waals surface area contributed by atoms with Crippen LogP contribution in [0.1, 0.15) is 61.7 Å². The second kappa shape index (κ2) is 12.4. The highest BCUT2D eigenvalue weighted by Crippen LogP contribution is 2.45. The number of hydrogen-bond donors (Lipinski definition) is 2. The van der Waals surface area contributed by atoms with Crippen molar-refractivity contribution in [3.05, 3.63) is 92.2 Å². The number of furan rings is 1. The van der Waals surface area contributed by atoms with Gasteiger partial charge in [-0.2, -0.15) is 17.5 Å². The van der Waals surface area contributed by atoms with Crippen molar-refractivity contribution in [3.8, 4) is 11.3 Å². The lowest BCUT2D eigenvalue weighted by molar-refractivity contribution is -0.138. The Labute approximate surface area is 259 Å². The monoisotopic (exact) mass is 696 g/mol. The third-order valence-corrected chi connectivity index (χ3v) is 8.89. The Balaban J connectivity index is 1.59. The third-order valence-electron chi connectivity index (χ3n) is 7.36. The molecule has 1 amide bonds. The molecule has 0 bridgehead atoms. The molecular weight excluding hydrogens is 672 g/mol. The smallest absolute Gasteiger partial charge is 0.417 e. The molecule has 0 radical (unpaired) electrons. The molecule has 14 heteroatoms. The second-order valence-corrected chi connectivity index (χ2v) is 12.0. The normalized spacial score (nSPS) is 14.2. The van der Waals surface area contributed by atoms with Gasteiger partial charge >= 0.3 is 12.1 Å². The molecule has 4 aromatic rings. The van der Waals surface area contributed by atoms with Gasteiger partial charge in [0.2, 0.25) is 11.3 Å². The van der Waals surface area contributed by atoms with Gasteiger partial charge in [0.25, 0.3) is 5.91 Å². The maximum Gasteiger partial charge on any atom is 0.417 e. The van der Waals surface area contributed by atoms with E-state index in [4.69, 9.17) is 9.15 Å². The number of hydrogen-bond acceptors (Lipinski definition) is 5. The average molecular weight is 698 g/mol. The highest BCUT2D eigenvalue weighted by molar-refractivity contribution is 9.10. The standard InChI is InChI=1S/C30H25BrF4N2O6S/c1-36-28(38)25-21-12-20(15-3-4-15)18(11-23(21)43-27(25)16-5-8-19(32)9-6-16)14-37(44(40)41)13-17-7-10-22(30(33,34)35)26(31)24(17)29(39)42-2/h5-12,15H,3-4,13-14H2,1-2H3,(H,36,38)(H,40,41). The maximum absolute atomic E-state index is 13.6. The molecule has 5 rings (SSSR count). The van der Waals surface area contributed by atoms with Crippen LogP contribution in [0.3, 0.4) is 0 Å². The number of methoxy groups -OCH3 is 1. The number of rotatable bonds is 9. The average Bonchev–Trinajstić information content (AvgIpc) is 3.75. The van der Waals surface area contributed by atoms with Gasteiger partial charge in [-0.15, -0.1) is 0 Å². The summed E-state index contributed by atoms with van der Waals surface area (Å²) in [6.45, 7) is -0.527. The predicted molar refractivity (Wildman–Crippen MR) is 157 cm³/mol. The first-order chi connectivity index (χ1) is 20.8. The fourth-order valence-electron chi connectivity index (χ4n) is 5.10. The lowest BCUT2D eigenvalue weighted by atomic mass is 9.97. The van der Waals surface area contributed by atoms with Crippen LogP contribution in [0.5, 0.6) is 0 Å². The Kier molecular flexibility index (Phi) is 8.99. The largest absolute Gasteiger partial charge is 0.465 e. The minimum Gasteiger partial charge on any atom is -0.465 e. The Hall–Kier alpha value is -3.59. The Bertz CT molecular complexity index is 1790. The molecule has 0 spiro atoms. The number of carbonyl (C=O) groups is 2. The van der Waals surface area contributed by atoms with Crippen LogP contribution in [-0.2, 0) is 35.3 Å². The van der Waals surface area contributed by atoms with Crippen molar-refractivity contribution >= 4 is 50.0 Å². The molecule has 2 N–H and O–H groups in total. The van der Waals surface area contributed by atoms with Crippen LogP contribution in [0.15, 0.2) is 57.4 Å². The van der Waals surface area contributed by atoms with Crippen molar-refractivity contribution in [3.63, 3.8) is 0 Å². The lowest BCUT2D eigenvalue weighted by Gasteiger charge is -2.22. The van der Waals surface area contributed by atoms with Gasteiger partial charge in [0.1, 0.15) is 17.2 Å². The van der Waals surface area contributed by atoms with Crippen LogP contribution in [0, 0.1) is 5.82 Å². The summed E-state index contributed by atoms with van der Waals surface area (Å²) in [6.07, 6.45) is -3.08. The fourth-order valence-corrected chi connectivity index (χ4v) is 6.38. The Morgan fingerprint density at radius 2 is 1.75 bits per heavy atom. The number of carbonyl (C=O) groups excluding carboxylic acids is 2. The van der Waals surface area contributed by atoms with E-state index in [0.29, 0.717) is 22.1 Å². The first-order valence-electron chi connectivity index (χ1n) is 13.2. The van der Waals surface area contributed by atoms with Crippen molar-refractivity contribution in [1.29, 1.82) is 0 Å². The van der Waals surface area contributed by atoms with Gasteiger partial charge < -0.3 is 14.5 Å². The zero-order valence-electron chi connectivity index (χ0n) is 23.3. The zero-order valence-corrected chi connectivity index (χ0v) is 25.7. The van der Waals surface area contributed by atoms with Crippen LogP contribution in [0.2, 0.25) is 0 Å². The van der Waals surface area contributed by atoms with Crippen LogP contribution in [0.25, 0.3) is 22.3 Å². The first kappa shape index (κ1) is 31.8. The summed E-state index contributed by atoms with van der Waals surface area (Å²) in [4.78, 5) is 25.5. The van der Waals surface area contributed by atoms with Gasteiger partial charge in [-0.3, -0.25) is 9.35 Å². The predicted octanol–water partition coefficient (Wildman–Crippen LogP) is 7.18. The highest BCUT2D eigenvalue weighted by Gasteiger charge is 2.36. The van der Waals surface area contributed by atoms with E-state index in [0.717, 1.165) is 42.0 Å². The van der Waals surface area contributed by atoms with Gasteiger partial charge in [-0.05, 0) is 93.8 Å². The highest BCUT2D eigenvalue weighted by atomic mass is 79.9. The van der Waals surface area contributed by atoms with Crippen LogP contribution < -0.4 is 5.32 Å². The summed E-state index contributed by atoms with van der Waals surface area (Å²) in [5, 5.41) is 3.11. The van der Waals surface area contributed by atoms with Gasteiger partial charge in [-0.1, -0.05) is 6.07 Å². The maximum atomic E-state index is 13.6. The summed E-state index contributed by atoms with van der Waals surface area (Å²) in [5.41, 5.74) is 0.953. The van der Waals surface area contributed by atoms with Crippen LogP contribution in [0.4, 0.5) is 17.6 Å². The van der Waals surface area contributed by atoms with E-state index in [1.807, 2.05) is 0 Å². The molecule has 3 aromatic carbocycles. The number of esters is 1. The van der Waals surface area contributed by atoms with Crippen LogP contribution in [-0.4, -0.2) is 39.1 Å². The molecule has 44 heavy (non-hydrogen) atoms. The SMILES string of the molecule is CNC(=O)c1c(-c2ccc(F)cc2)oc2cc(CN(Cc3ccc(C(F)(F)F)c(Br)c3C(=O)OC)S(=O)O)c(C3CC3)cc12. The van der Waals surface area contributed by atoms with E-state index < -0.39 is 50.7 Å². The molecule has 1 heterocycles. The van der Waals surface area contributed by atoms with Gasteiger partial charge in [-0.25, -0.2) is 13.4 Å². The van der Waals surface area contributed by atoms with Crippen molar-refractivity contribution in [2.75, 3.05) is 14.2 Å². The van der Waals surface area contributed by atoms with Crippen LogP contribution >= 0.6 is 15.9 Å². The number of halogens is 5. The molecule has 0 saturated heterocycles. The Morgan fingerprint density at radius 3 is 2.32 bits per heavy atom. The minimum absolute atomic E-state index is 0.0340. The van der Waals surface area contributed by atoms with Crippen molar-refractivity contribution in [2.24, 2.45) is 0 Å². The molecule has 1 unspecified atom stereocenters. The summed E-state index contributed by atoms with van der Waals surface area (Å²) in [5.74, 6) is -1.60. The topological polar surface area (TPSA) is 109 Å². The van der Waals surface area contributed by atoms with Gasteiger partial charge in [0.05, 0.1) is 23.8 Å². The van der Waals surface area contributed by atoms with Crippen molar-refractivity contribution in [2.45, 2.75) is 38.0 Å². The third kappa shape index (κ3) is 6.29. The van der Waals surface area contributed by atoms with E-state index in [1.165, 1.54) is 31.3 Å². The molecule has 1 aliphatic rings. The number of nitrogens with one attached hydrogen (secondary N) is 1. The van der Waals surface area contributed by atoms with E-state index in [-0.39, 0.29) is 35.9 Å². The van der Waals surface area contributed by atoms with E-state index >= 15 is 0 Å². The molecule has 1 fully saturated rings. The second-order valence-electron chi connectivity index (χ2n) is 10.2. The van der Waals surface area contributed by atoms with Gasteiger partial charge in [0, 0.05) is 35.6 Å². The molecule has 0 aliphatic heterocycles. The summed E-state index contributed by atoms with van der Waals surface area (Å²) < 4.78 is 88.5. The van der Waals surface area contributed by atoms with Crippen molar-refractivity contribution < 1.29 is 45.1 Å². The summed E-state index contributed by atoms with van der Waals surface area (Å²) in [6, 6.07) is 10.8. The molecule has 232 valence electrons. The number of alkyl halides is 3. The minimum atomic E-state index is -4.77. The lowest BCUT2D eigenvalue weighted by Crippen LogP contribution is -2.27. The molecule has 1 atom stereocenters. The van der Waals surface area contributed by atoms with E-state index in [2.05, 4.69) is 21.2 Å². The molecule has 8 nitrogen and oxygen atoms in total. The number of benzene rings is 3. The number of ether oxygens (including phenoxy) is 1. The quantitative estimate of drug-likeness (QED) is 0.109. The molecule has 1 saturated carbocycles. The number of amides is 1.